The summed E-state index contributed by atoms with van der Waals surface area (Å²) in [5.41, 5.74) is 2.75. The number of H-pyrrole nitrogens is 1. The van der Waals surface area contributed by atoms with Gasteiger partial charge in [0.1, 0.15) is 5.15 Å². The second-order valence-corrected chi connectivity index (χ2v) is 8.68. The SMILES string of the molecule is Cc1ccc2cc(/C=C/C(=O)c3c(-c4ccccc4)c4cc([N+](=O)[O-])ccc4[nH]c3=O)c(Cl)nc2c1. The minimum Gasteiger partial charge on any atom is -0.321 e. The van der Waals surface area contributed by atoms with E-state index in [9.17, 15) is 19.7 Å². The van der Waals surface area contributed by atoms with Gasteiger partial charge in [0.05, 0.1) is 16.0 Å². The van der Waals surface area contributed by atoms with Gasteiger partial charge in [-0.1, -0.05) is 54.1 Å². The van der Waals surface area contributed by atoms with Crippen LogP contribution in [0.4, 0.5) is 5.69 Å². The molecule has 5 rings (SSSR count). The van der Waals surface area contributed by atoms with Crippen LogP contribution in [0.2, 0.25) is 5.15 Å². The number of nitrogens with zero attached hydrogens (tertiary/aromatic N) is 2. The minimum atomic E-state index is -0.594. The summed E-state index contributed by atoms with van der Waals surface area (Å²) in [7, 11) is 0. The van der Waals surface area contributed by atoms with Crippen molar-refractivity contribution in [3.8, 4) is 11.1 Å². The molecule has 36 heavy (non-hydrogen) atoms. The summed E-state index contributed by atoms with van der Waals surface area (Å²) in [4.78, 5) is 44.5. The number of aromatic amines is 1. The highest BCUT2D eigenvalue weighted by molar-refractivity contribution is 6.31. The van der Waals surface area contributed by atoms with Crippen LogP contribution in [0.5, 0.6) is 0 Å². The average molecular weight is 496 g/mol. The number of non-ortho nitro benzene ring substituents is 1. The Morgan fingerprint density at radius 1 is 1.06 bits per heavy atom. The number of aryl methyl sites for hydroxylation is 1. The van der Waals surface area contributed by atoms with Crippen molar-refractivity contribution in [2.24, 2.45) is 0 Å². The number of nitrogens with one attached hydrogen (secondary N) is 1. The monoisotopic (exact) mass is 495 g/mol. The molecular formula is C28H18ClN3O4. The second kappa shape index (κ2) is 9.20. The van der Waals surface area contributed by atoms with E-state index in [1.165, 1.54) is 30.4 Å². The molecule has 0 radical (unpaired) electrons. The topological polar surface area (TPSA) is 106 Å². The van der Waals surface area contributed by atoms with E-state index in [0.29, 0.717) is 27.6 Å². The molecule has 0 fully saturated rings. The molecule has 0 bridgehead atoms. The zero-order chi connectivity index (χ0) is 25.4. The summed E-state index contributed by atoms with van der Waals surface area (Å²) in [5.74, 6) is -0.566. The van der Waals surface area contributed by atoms with Crippen molar-refractivity contribution in [3.05, 3.63) is 121 Å². The van der Waals surface area contributed by atoms with Crippen LogP contribution in [0.15, 0.2) is 83.7 Å². The van der Waals surface area contributed by atoms with Gasteiger partial charge in [0.15, 0.2) is 5.78 Å². The molecule has 176 valence electrons. The van der Waals surface area contributed by atoms with Crippen molar-refractivity contribution >= 4 is 51.0 Å². The molecule has 0 aliphatic rings. The summed E-state index contributed by atoms with van der Waals surface area (Å²) >= 11 is 6.36. The quantitative estimate of drug-likeness (QED) is 0.0983. The first-order chi connectivity index (χ1) is 17.3. The molecule has 5 aromatic rings. The van der Waals surface area contributed by atoms with Gasteiger partial charge in [0, 0.05) is 39.5 Å². The Morgan fingerprint density at radius 3 is 2.58 bits per heavy atom. The fourth-order valence-corrected chi connectivity index (χ4v) is 4.38. The molecule has 2 aromatic heterocycles. The molecule has 8 heteroatoms. The van der Waals surface area contributed by atoms with Gasteiger partial charge >= 0.3 is 0 Å². The molecule has 0 saturated heterocycles. The lowest BCUT2D eigenvalue weighted by atomic mass is 9.93. The van der Waals surface area contributed by atoms with Crippen molar-refractivity contribution in [1.29, 1.82) is 0 Å². The zero-order valence-electron chi connectivity index (χ0n) is 19.0. The van der Waals surface area contributed by atoms with Crippen LogP contribution in [0, 0.1) is 17.0 Å². The second-order valence-electron chi connectivity index (χ2n) is 8.32. The zero-order valence-corrected chi connectivity index (χ0v) is 19.7. The van der Waals surface area contributed by atoms with Gasteiger partial charge in [-0.3, -0.25) is 19.7 Å². The number of rotatable bonds is 5. The van der Waals surface area contributed by atoms with Gasteiger partial charge in [0.2, 0.25) is 0 Å². The minimum absolute atomic E-state index is 0.119. The molecule has 0 amide bonds. The van der Waals surface area contributed by atoms with E-state index >= 15 is 0 Å². The maximum atomic E-state index is 13.4. The first-order valence-electron chi connectivity index (χ1n) is 11.0. The summed E-state index contributed by atoms with van der Waals surface area (Å²) in [6.07, 6.45) is 2.78. The molecule has 0 atom stereocenters. The maximum Gasteiger partial charge on any atom is 0.270 e. The maximum absolute atomic E-state index is 13.4. The largest absolute Gasteiger partial charge is 0.321 e. The lowest BCUT2D eigenvalue weighted by Crippen LogP contribution is -2.18. The molecule has 0 aliphatic carbocycles. The number of carbonyl (C=O) groups is 1. The Kier molecular flexibility index (Phi) is 5.91. The summed E-state index contributed by atoms with van der Waals surface area (Å²) in [5, 5.41) is 12.9. The number of carbonyl (C=O) groups excluding carboxylic acids is 1. The number of halogens is 1. The van der Waals surface area contributed by atoms with Crippen molar-refractivity contribution in [3.63, 3.8) is 0 Å². The molecule has 0 unspecified atom stereocenters. The Labute approximate surface area is 209 Å². The summed E-state index contributed by atoms with van der Waals surface area (Å²) < 4.78 is 0. The fraction of sp³-hybridized carbons (Fsp3) is 0.0357. The van der Waals surface area contributed by atoms with Crippen molar-refractivity contribution < 1.29 is 9.72 Å². The Hall–Kier alpha value is -4.62. The number of benzene rings is 3. The normalized spacial score (nSPS) is 11.4. The number of hydrogen-bond donors (Lipinski definition) is 1. The van der Waals surface area contributed by atoms with Crippen LogP contribution in [-0.2, 0) is 0 Å². The molecule has 0 spiro atoms. The van der Waals surface area contributed by atoms with E-state index in [4.69, 9.17) is 11.6 Å². The molecule has 2 heterocycles. The van der Waals surface area contributed by atoms with Crippen molar-refractivity contribution in [1.82, 2.24) is 9.97 Å². The smallest absolute Gasteiger partial charge is 0.270 e. The first kappa shape index (κ1) is 23.1. The molecular weight excluding hydrogens is 478 g/mol. The summed E-state index contributed by atoms with van der Waals surface area (Å²) in [6.45, 7) is 1.96. The van der Waals surface area contributed by atoms with Crippen LogP contribution in [0.1, 0.15) is 21.5 Å². The number of hydrogen-bond acceptors (Lipinski definition) is 5. The third-order valence-electron chi connectivity index (χ3n) is 5.89. The summed E-state index contributed by atoms with van der Waals surface area (Å²) in [6, 6.07) is 20.6. The van der Waals surface area contributed by atoms with Gasteiger partial charge in [-0.25, -0.2) is 4.98 Å². The predicted octanol–water partition coefficient (Wildman–Crippen LogP) is 6.51. The Balaban J connectivity index is 1.67. The highest BCUT2D eigenvalue weighted by Gasteiger charge is 2.21. The molecule has 7 nitrogen and oxygen atoms in total. The number of nitro benzene ring substituents is 1. The van der Waals surface area contributed by atoms with Gasteiger partial charge in [-0.2, -0.15) is 0 Å². The van der Waals surface area contributed by atoms with Gasteiger partial charge < -0.3 is 4.98 Å². The fourth-order valence-electron chi connectivity index (χ4n) is 4.17. The number of nitro groups is 1. The molecule has 0 saturated carbocycles. The third kappa shape index (κ3) is 4.28. The number of pyridine rings is 2. The molecule has 1 N–H and O–H groups in total. The third-order valence-corrected chi connectivity index (χ3v) is 6.19. The van der Waals surface area contributed by atoms with Crippen LogP contribution in [-0.4, -0.2) is 20.7 Å². The predicted molar refractivity (Wildman–Crippen MR) is 142 cm³/mol. The average Bonchev–Trinajstić information content (AvgIpc) is 2.86. The number of ketones is 1. The highest BCUT2D eigenvalue weighted by Crippen LogP contribution is 2.32. The van der Waals surface area contributed by atoms with Crippen LogP contribution in [0.25, 0.3) is 39.0 Å². The number of allylic oxidation sites excluding steroid dienone is 1. The first-order valence-corrected chi connectivity index (χ1v) is 11.4. The highest BCUT2D eigenvalue weighted by atomic mass is 35.5. The van der Waals surface area contributed by atoms with E-state index in [1.54, 1.807) is 30.3 Å². The van der Waals surface area contributed by atoms with E-state index in [2.05, 4.69) is 9.97 Å². The van der Waals surface area contributed by atoms with E-state index in [0.717, 1.165) is 16.5 Å². The lowest BCUT2D eigenvalue weighted by molar-refractivity contribution is -0.384. The number of aromatic nitrogens is 2. The molecule has 0 aliphatic heterocycles. The van der Waals surface area contributed by atoms with Crippen molar-refractivity contribution in [2.45, 2.75) is 6.92 Å². The number of fused-ring (bicyclic) bond motifs is 2. The van der Waals surface area contributed by atoms with E-state index in [1.807, 2.05) is 31.2 Å². The standard InChI is InChI=1S/C28H18ClN3O4/c1-16-7-8-18-14-19(27(29)30-23(18)13-16)9-12-24(33)26-25(17-5-3-2-4-6-17)21-15-20(32(35)36)10-11-22(21)31-28(26)34/h2-15H,1H3,(H,31,34)/b12-9+. The lowest BCUT2D eigenvalue weighted by Gasteiger charge is -2.11. The molecule has 3 aromatic carbocycles. The Bertz CT molecular complexity index is 1780. The van der Waals surface area contributed by atoms with Gasteiger partial charge in [0.25, 0.3) is 11.2 Å². The van der Waals surface area contributed by atoms with Crippen LogP contribution in [0.3, 0.4) is 0 Å². The van der Waals surface area contributed by atoms with E-state index < -0.39 is 16.3 Å². The van der Waals surface area contributed by atoms with Crippen molar-refractivity contribution in [2.75, 3.05) is 0 Å². The Morgan fingerprint density at radius 2 is 1.83 bits per heavy atom. The van der Waals surface area contributed by atoms with E-state index in [-0.39, 0.29) is 16.4 Å². The van der Waals surface area contributed by atoms with Crippen LogP contribution >= 0.6 is 11.6 Å². The van der Waals surface area contributed by atoms with Gasteiger partial charge in [-0.05, 0) is 48.4 Å². The van der Waals surface area contributed by atoms with Crippen LogP contribution < -0.4 is 5.56 Å². The van der Waals surface area contributed by atoms with Gasteiger partial charge in [-0.15, -0.1) is 0 Å².